The van der Waals surface area contributed by atoms with E-state index < -0.39 is 48.1 Å². The third-order valence-electron chi connectivity index (χ3n) is 9.29. The lowest BCUT2D eigenvalue weighted by atomic mass is 9.78. The van der Waals surface area contributed by atoms with Gasteiger partial charge in [-0.3, -0.25) is 14.4 Å². The summed E-state index contributed by atoms with van der Waals surface area (Å²) in [5, 5.41) is 9.98. The average molecular weight is 691 g/mol. The molecule has 5 atom stereocenters. The van der Waals surface area contributed by atoms with Gasteiger partial charge in [0, 0.05) is 22.5 Å². The van der Waals surface area contributed by atoms with Crippen molar-refractivity contribution >= 4 is 57.9 Å². The number of aromatic nitrogens is 1. The van der Waals surface area contributed by atoms with E-state index in [0.29, 0.717) is 51.3 Å². The van der Waals surface area contributed by atoms with Crippen molar-refractivity contribution in [1.82, 2.24) is 20.9 Å². The number of alkyl carbamates (subject to hydrolysis) is 1. The smallest absolute Gasteiger partial charge is 0.408 e. The first kappa shape index (κ1) is 36.0. The molecule has 1 aliphatic carbocycles. The number of carbonyl (C=O) groups excluding carboxylic acids is 4. The number of ether oxygens (including phenoxy) is 1. The molecule has 0 radical (unpaired) electrons. The highest BCUT2D eigenvalue weighted by Crippen LogP contribution is 2.38. The summed E-state index contributed by atoms with van der Waals surface area (Å²) < 4.78 is 18.8. The molecule has 10 nitrogen and oxygen atoms in total. The normalized spacial score (nSPS) is 18.4. The van der Waals surface area contributed by atoms with Crippen LogP contribution in [0.3, 0.4) is 0 Å². The maximum atomic E-state index is 14.3. The zero-order valence-corrected chi connectivity index (χ0v) is 28.5. The van der Waals surface area contributed by atoms with Crippen LogP contribution < -0.4 is 21.7 Å². The number of hydrogen-bond acceptors (Lipinski definition) is 5. The number of aryl methyl sites for hydroxylation is 1. The molecule has 1 heterocycles. The quantitative estimate of drug-likeness (QED) is 0.157. The van der Waals surface area contributed by atoms with E-state index in [1.165, 1.54) is 0 Å². The third-order valence-corrected chi connectivity index (χ3v) is 9.81. The fourth-order valence-corrected chi connectivity index (χ4v) is 6.53. The van der Waals surface area contributed by atoms with Crippen molar-refractivity contribution in [3.8, 4) is 0 Å². The van der Waals surface area contributed by atoms with Crippen LogP contribution in [0.1, 0.15) is 69.3 Å². The topological polar surface area (TPSA) is 155 Å². The maximum absolute atomic E-state index is 14.3. The number of nitrogens with two attached hydrogens (primary N) is 1. The van der Waals surface area contributed by atoms with Crippen molar-refractivity contribution in [3.63, 3.8) is 0 Å². The predicted octanol–water partition coefficient (Wildman–Crippen LogP) is 5.65. The van der Waals surface area contributed by atoms with Gasteiger partial charge in [0.05, 0.1) is 10.5 Å². The Kier molecular flexibility index (Phi) is 11.8. The molecule has 0 fully saturated rings. The van der Waals surface area contributed by atoms with Crippen LogP contribution in [0.4, 0.5) is 9.18 Å². The van der Waals surface area contributed by atoms with E-state index in [9.17, 15) is 23.6 Å². The van der Waals surface area contributed by atoms with E-state index in [-0.39, 0.29) is 31.3 Å². The molecule has 1 aliphatic rings. The summed E-state index contributed by atoms with van der Waals surface area (Å²) in [7, 11) is 0. The first-order valence-corrected chi connectivity index (χ1v) is 16.6. The van der Waals surface area contributed by atoms with Crippen molar-refractivity contribution in [2.24, 2.45) is 17.6 Å². The lowest BCUT2D eigenvalue weighted by Crippen LogP contribution is -2.67. The second-order valence-electron chi connectivity index (χ2n) is 12.4. The number of aromatic amines is 1. The third kappa shape index (κ3) is 8.01. The molecule has 4 rings (SSSR count). The molecule has 13 heteroatoms. The number of benzene rings is 2. The number of alkyl halides is 1. The van der Waals surface area contributed by atoms with Crippen LogP contribution in [0.5, 0.6) is 0 Å². The van der Waals surface area contributed by atoms with Crippen molar-refractivity contribution < 1.29 is 28.3 Å². The Balaban J connectivity index is 1.65. The van der Waals surface area contributed by atoms with Crippen molar-refractivity contribution in [1.29, 1.82) is 0 Å². The van der Waals surface area contributed by atoms with Crippen molar-refractivity contribution in [3.05, 3.63) is 68.8 Å². The average Bonchev–Trinajstić information content (AvgIpc) is 3.41. The fourth-order valence-electron chi connectivity index (χ4n) is 5.99. The summed E-state index contributed by atoms with van der Waals surface area (Å²) >= 11 is 12.8. The summed E-state index contributed by atoms with van der Waals surface area (Å²) in [6.45, 7) is 6.45. The number of fused-ring (bicyclic) bond motifs is 3. The molecule has 6 N–H and O–H groups in total. The fraction of sp³-hybridized carbons (Fsp3) is 0.471. The number of carbonyl (C=O) groups is 4. The van der Waals surface area contributed by atoms with E-state index in [0.717, 1.165) is 11.3 Å². The SMILES string of the molecule is CCC(C)[C@H](NC(=O)[C@@]1(NC(=O)[C@@H](NC(=O)OCc2ccccc2CF)C(C)CC)CCc2[nH]c3c(Cl)cc(Cl)cc3c2C1)C(N)=O. The van der Waals surface area contributed by atoms with E-state index >= 15 is 0 Å². The van der Waals surface area contributed by atoms with Crippen LogP contribution in [0, 0.1) is 11.8 Å². The van der Waals surface area contributed by atoms with Crippen molar-refractivity contribution in [2.75, 3.05) is 0 Å². The summed E-state index contributed by atoms with van der Waals surface area (Å²) in [6.07, 6.45) is 0.834. The zero-order valence-electron chi connectivity index (χ0n) is 27.0. The summed E-state index contributed by atoms with van der Waals surface area (Å²) in [6, 6.07) is 7.98. The minimum Gasteiger partial charge on any atom is -0.445 e. The summed E-state index contributed by atoms with van der Waals surface area (Å²) in [5.41, 5.74) is 7.34. The van der Waals surface area contributed by atoms with E-state index in [4.69, 9.17) is 33.7 Å². The van der Waals surface area contributed by atoms with Crippen LogP contribution in [-0.4, -0.2) is 46.4 Å². The zero-order chi connectivity index (χ0) is 34.5. The number of halogens is 3. The number of rotatable bonds is 13. The highest BCUT2D eigenvalue weighted by molar-refractivity contribution is 6.38. The molecule has 4 amide bonds. The number of primary amides is 1. The van der Waals surface area contributed by atoms with Gasteiger partial charge in [0.15, 0.2) is 0 Å². The summed E-state index contributed by atoms with van der Waals surface area (Å²) in [4.78, 5) is 57.1. The predicted molar refractivity (Wildman–Crippen MR) is 180 cm³/mol. The Morgan fingerprint density at radius 2 is 1.68 bits per heavy atom. The lowest BCUT2D eigenvalue weighted by Gasteiger charge is -2.39. The van der Waals surface area contributed by atoms with Crippen LogP contribution in [-0.2, 0) is 45.2 Å². The molecule has 0 saturated carbocycles. The maximum Gasteiger partial charge on any atom is 0.408 e. The highest BCUT2D eigenvalue weighted by Gasteiger charge is 2.46. The molecule has 47 heavy (non-hydrogen) atoms. The Morgan fingerprint density at radius 1 is 1.02 bits per heavy atom. The van der Waals surface area contributed by atoms with Crippen molar-refractivity contribution in [2.45, 2.75) is 90.7 Å². The second-order valence-corrected chi connectivity index (χ2v) is 13.2. The number of nitrogens with one attached hydrogen (secondary N) is 4. The minimum absolute atomic E-state index is 0.0558. The van der Waals surface area contributed by atoms with Gasteiger partial charge in [0.25, 0.3) is 0 Å². The number of hydrogen-bond donors (Lipinski definition) is 5. The van der Waals surface area contributed by atoms with Gasteiger partial charge in [-0.25, -0.2) is 9.18 Å². The van der Waals surface area contributed by atoms with E-state index in [1.807, 2.05) is 20.8 Å². The molecular weight excluding hydrogens is 648 g/mol. The van der Waals surface area contributed by atoms with Gasteiger partial charge in [-0.15, -0.1) is 0 Å². The minimum atomic E-state index is -1.52. The number of H-pyrrole nitrogens is 1. The molecule has 0 spiro atoms. The van der Waals surface area contributed by atoms with Gasteiger partial charge >= 0.3 is 6.09 Å². The van der Waals surface area contributed by atoms with Gasteiger partial charge in [-0.2, -0.15) is 0 Å². The van der Waals surface area contributed by atoms with E-state index in [1.54, 1.807) is 43.3 Å². The second kappa shape index (κ2) is 15.4. The van der Waals surface area contributed by atoms with Crippen LogP contribution in [0.25, 0.3) is 10.9 Å². The summed E-state index contributed by atoms with van der Waals surface area (Å²) in [5.74, 6) is -2.48. The van der Waals surface area contributed by atoms with Crippen LogP contribution in [0.15, 0.2) is 36.4 Å². The standard InChI is InChI=1S/C34H42Cl2FN5O5/c1-5-18(3)27(30(38)43)40-32(45)34(12-11-26-24(15-34)23-13-22(35)14-25(36)29(23)39-26)42-31(44)28(19(4)6-2)41-33(46)47-17-21-10-8-7-9-20(21)16-37/h7-10,13-14,18-19,27-28,39H,5-6,11-12,15-17H2,1-4H3,(H2,38,43)(H,40,45)(H,41,46)(H,42,44)/t18?,19?,27-,28-,34+/m0/s1. The van der Waals surface area contributed by atoms with Gasteiger partial charge in [0.2, 0.25) is 17.7 Å². The van der Waals surface area contributed by atoms with Crippen LogP contribution >= 0.6 is 23.2 Å². The molecule has 1 aromatic heterocycles. The number of amides is 4. The largest absolute Gasteiger partial charge is 0.445 e. The monoisotopic (exact) mass is 689 g/mol. The van der Waals surface area contributed by atoms with Gasteiger partial charge in [-0.05, 0) is 53.5 Å². The molecule has 2 unspecified atom stereocenters. The van der Waals surface area contributed by atoms with Crippen LogP contribution in [0.2, 0.25) is 10.0 Å². The Bertz CT molecular complexity index is 1650. The Labute approximate surface area is 283 Å². The molecular formula is C34H42Cl2FN5O5. The Hall–Kier alpha value is -3.83. The molecule has 2 aromatic carbocycles. The highest BCUT2D eigenvalue weighted by atomic mass is 35.5. The first-order chi connectivity index (χ1) is 22.3. The molecule has 0 aliphatic heterocycles. The first-order valence-electron chi connectivity index (χ1n) is 15.8. The molecule has 254 valence electrons. The van der Waals surface area contributed by atoms with Gasteiger partial charge < -0.3 is 31.4 Å². The Morgan fingerprint density at radius 3 is 2.32 bits per heavy atom. The molecule has 3 aromatic rings. The van der Waals surface area contributed by atoms with E-state index in [2.05, 4.69) is 20.9 Å². The molecule has 0 saturated heterocycles. The van der Waals surface area contributed by atoms with Gasteiger partial charge in [0.1, 0.15) is 30.9 Å². The van der Waals surface area contributed by atoms with Gasteiger partial charge in [-0.1, -0.05) is 88.0 Å². The molecule has 0 bridgehead atoms. The lowest BCUT2D eigenvalue weighted by molar-refractivity contribution is -0.137.